The molecule has 3 atom stereocenters. The van der Waals surface area contributed by atoms with E-state index in [1.54, 1.807) is 19.1 Å². The zero-order valence-electron chi connectivity index (χ0n) is 9.93. The molecule has 5 heteroatoms. The van der Waals surface area contributed by atoms with Crippen LogP contribution in [-0.4, -0.2) is 25.5 Å². The number of rotatable bonds is 4. The topological polar surface area (TPSA) is 66.4 Å². The number of aldehydes is 1. The average molecular weight is 234 g/mol. The van der Waals surface area contributed by atoms with Gasteiger partial charge in [0.05, 0.1) is 11.5 Å². The molecule has 0 unspecified atom stereocenters. The van der Waals surface area contributed by atoms with Crippen LogP contribution in [0.1, 0.15) is 19.8 Å². The number of ether oxygens (including phenoxy) is 1. The molecule has 0 fully saturated rings. The van der Waals surface area contributed by atoms with Gasteiger partial charge in [0, 0.05) is 13.1 Å². The number of aliphatic carboxylic acids is 1. The summed E-state index contributed by atoms with van der Waals surface area (Å²) >= 11 is 0. The summed E-state index contributed by atoms with van der Waals surface area (Å²) in [4.78, 5) is 21.5. The van der Waals surface area contributed by atoms with Crippen molar-refractivity contribution in [1.29, 1.82) is 0 Å². The molecule has 0 aromatic rings. The predicted molar refractivity (Wildman–Crippen MR) is 51.8 cm³/mol. The number of carboxylic acid groups (broad SMARTS) is 1. The predicted octanol–water partition coefficient (Wildman–Crippen LogP) is -3.07. The van der Waals surface area contributed by atoms with Gasteiger partial charge in [-0.25, -0.2) is 0 Å². The van der Waals surface area contributed by atoms with E-state index in [1.807, 2.05) is 0 Å². The van der Waals surface area contributed by atoms with Gasteiger partial charge in [0.2, 0.25) is 0 Å². The van der Waals surface area contributed by atoms with Crippen LogP contribution in [0.4, 0.5) is 0 Å². The van der Waals surface area contributed by atoms with Gasteiger partial charge >= 0.3 is 29.6 Å². The summed E-state index contributed by atoms with van der Waals surface area (Å²) in [5, 5.41) is 10.5. The minimum atomic E-state index is -1.09. The Morgan fingerprint density at radius 1 is 1.62 bits per heavy atom. The maximum absolute atomic E-state index is 11.0. The molecule has 0 heterocycles. The van der Waals surface area contributed by atoms with Crippen LogP contribution in [0.15, 0.2) is 12.2 Å². The number of carbonyl (C=O) groups excluding carboxylic acids is 2. The Hall–Kier alpha value is -0.160. The molecule has 0 aromatic heterocycles. The SMILES string of the molecule is CO[C@@H]1C=C[C@H](CC(=O)[O-])C[C@]1(C)C=O.[Na+]. The Morgan fingerprint density at radius 2 is 2.25 bits per heavy atom. The molecule has 0 N–H and O–H groups in total. The van der Waals surface area contributed by atoms with Crippen LogP contribution >= 0.6 is 0 Å². The molecule has 0 amide bonds. The quantitative estimate of drug-likeness (QED) is 0.294. The maximum atomic E-state index is 11.0. The third-order valence-electron chi connectivity index (χ3n) is 2.86. The van der Waals surface area contributed by atoms with Crippen LogP contribution < -0.4 is 34.7 Å². The number of carboxylic acids is 1. The Labute approximate surface area is 117 Å². The van der Waals surface area contributed by atoms with E-state index in [4.69, 9.17) is 4.74 Å². The Morgan fingerprint density at radius 3 is 2.69 bits per heavy atom. The Bertz CT molecular complexity index is 290. The molecule has 0 saturated heterocycles. The molecule has 84 valence electrons. The molecule has 0 aromatic carbocycles. The smallest absolute Gasteiger partial charge is 0.550 e. The first-order valence-corrected chi connectivity index (χ1v) is 4.89. The van der Waals surface area contributed by atoms with Crippen molar-refractivity contribution in [3.05, 3.63) is 12.2 Å². The van der Waals surface area contributed by atoms with Crippen molar-refractivity contribution in [2.24, 2.45) is 11.3 Å². The third-order valence-corrected chi connectivity index (χ3v) is 2.86. The zero-order valence-corrected chi connectivity index (χ0v) is 11.9. The van der Waals surface area contributed by atoms with E-state index >= 15 is 0 Å². The normalized spacial score (nSPS) is 32.9. The fourth-order valence-electron chi connectivity index (χ4n) is 2.04. The molecule has 1 aliphatic rings. The summed E-state index contributed by atoms with van der Waals surface area (Å²) in [6, 6.07) is 0. The summed E-state index contributed by atoms with van der Waals surface area (Å²) in [6.07, 6.45) is 4.55. The van der Waals surface area contributed by atoms with Gasteiger partial charge in [-0.1, -0.05) is 19.1 Å². The molecule has 0 saturated carbocycles. The number of hydrogen-bond donors (Lipinski definition) is 0. The minimum Gasteiger partial charge on any atom is -0.550 e. The van der Waals surface area contributed by atoms with Crippen LogP contribution in [-0.2, 0) is 14.3 Å². The van der Waals surface area contributed by atoms with Gasteiger partial charge in [-0.15, -0.1) is 0 Å². The van der Waals surface area contributed by atoms with Crippen molar-refractivity contribution in [3.8, 4) is 0 Å². The van der Waals surface area contributed by atoms with E-state index in [0.717, 1.165) is 6.29 Å². The van der Waals surface area contributed by atoms with Crippen molar-refractivity contribution in [3.63, 3.8) is 0 Å². The second kappa shape index (κ2) is 6.55. The summed E-state index contributed by atoms with van der Waals surface area (Å²) in [5.74, 6) is -1.23. The molecule has 0 aliphatic heterocycles. The number of methoxy groups -OCH3 is 1. The summed E-state index contributed by atoms with van der Waals surface area (Å²) in [6.45, 7) is 1.78. The van der Waals surface area contributed by atoms with Crippen LogP contribution in [0.2, 0.25) is 0 Å². The van der Waals surface area contributed by atoms with Gasteiger partial charge in [0.15, 0.2) is 0 Å². The van der Waals surface area contributed by atoms with Gasteiger partial charge in [0.25, 0.3) is 0 Å². The van der Waals surface area contributed by atoms with Crippen molar-refractivity contribution in [1.82, 2.24) is 0 Å². The van der Waals surface area contributed by atoms with E-state index in [-0.39, 0.29) is 48.0 Å². The molecule has 0 spiro atoms. The number of hydrogen-bond acceptors (Lipinski definition) is 4. The summed E-state index contributed by atoms with van der Waals surface area (Å²) < 4.78 is 5.17. The molecule has 16 heavy (non-hydrogen) atoms. The van der Waals surface area contributed by atoms with E-state index < -0.39 is 11.4 Å². The van der Waals surface area contributed by atoms with Crippen molar-refractivity contribution in [2.45, 2.75) is 25.9 Å². The standard InChI is InChI=1S/C11H16O4.Na/c1-11(7-12)6-8(5-10(13)14)3-4-9(11)15-2;/h3-4,7-9H,5-6H2,1-2H3,(H,13,14);/q;+1/p-1/t8-,9-,11-;/m1./s1. The van der Waals surface area contributed by atoms with Crippen molar-refractivity contribution < 1.29 is 49.0 Å². The van der Waals surface area contributed by atoms with Gasteiger partial charge in [-0.05, 0) is 18.8 Å². The van der Waals surface area contributed by atoms with Gasteiger partial charge in [-0.3, -0.25) is 0 Å². The van der Waals surface area contributed by atoms with Crippen LogP contribution in [0, 0.1) is 11.3 Å². The fourth-order valence-corrected chi connectivity index (χ4v) is 2.04. The van der Waals surface area contributed by atoms with Gasteiger partial charge < -0.3 is 19.4 Å². The second-order valence-electron chi connectivity index (χ2n) is 4.21. The van der Waals surface area contributed by atoms with Gasteiger partial charge in [0.1, 0.15) is 6.29 Å². The maximum Gasteiger partial charge on any atom is 1.00 e. The molecule has 1 rings (SSSR count). The first kappa shape index (κ1) is 15.8. The van der Waals surface area contributed by atoms with E-state index in [9.17, 15) is 14.7 Å². The molecule has 1 aliphatic carbocycles. The van der Waals surface area contributed by atoms with E-state index in [0.29, 0.717) is 6.42 Å². The molecule has 4 nitrogen and oxygen atoms in total. The van der Waals surface area contributed by atoms with Crippen molar-refractivity contribution in [2.75, 3.05) is 7.11 Å². The number of allylic oxidation sites excluding steroid dienone is 1. The monoisotopic (exact) mass is 234 g/mol. The minimum absolute atomic E-state index is 0. The molecule has 0 radical (unpaired) electrons. The van der Waals surface area contributed by atoms with Crippen molar-refractivity contribution >= 4 is 12.3 Å². The van der Waals surface area contributed by atoms with E-state index in [1.165, 1.54) is 7.11 Å². The second-order valence-corrected chi connectivity index (χ2v) is 4.21. The van der Waals surface area contributed by atoms with E-state index in [2.05, 4.69) is 0 Å². The molecular formula is C11H15NaO4. The Balaban J connectivity index is 0.00000225. The fraction of sp³-hybridized carbons (Fsp3) is 0.636. The first-order chi connectivity index (χ1) is 7.01. The number of carbonyl (C=O) groups is 2. The average Bonchev–Trinajstić information content (AvgIpc) is 2.17. The third kappa shape index (κ3) is 3.70. The van der Waals surface area contributed by atoms with Crippen LogP contribution in [0.3, 0.4) is 0 Å². The molecular weight excluding hydrogens is 219 g/mol. The molecule has 0 bridgehead atoms. The summed E-state index contributed by atoms with van der Waals surface area (Å²) in [7, 11) is 1.54. The Kier molecular flexibility index (Phi) is 6.48. The largest absolute Gasteiger partial charge is 1.00 e. The summed E-state index contributed by atoms with van der Waals surface area (Å²) in [5.41, 5.74) is -0.635. The van der Waals surface area contributed by atoms with Gasteiger partial charge in [-0.2, -0.15) is 0 Å². The van der Waals surface area contributed by atoms with Crippen LogP contribution in [0.25, 0.3) is 0 Å². The van der Waals surface area contributed by atoms with Crippen LogP contribution in [0.5, 0.6) is 0 Å². The first-order valence-electron chi connectivity index (χ1n) is 4.89. The zero-order chi connectivity index (χ0) is 11.5.